The van der Waals surface area contributed by atoms with E-state index in [1.807, 2.05) is 0 Å². The van der Waals surface area contributed by atoms with Crippen molar-refractivity contribution in [2.45, 2.75) is 18.9 Å². The second-order valence-electron chi connectivity index (χ2n) is 5.92. The molecular weight excluding hydrogens is 254 g/mol. The van der Waals surface area contributed by atoms with Gasteiger partial charge in [-0.1, -0.05) is 66.7 Å². The van der Waals surface area contributed by atoms with E-state index in [0.717, 1.165) is 6.54 Å². The zero-order valence-corrected chi connectivity index (χ0v) is 12.2. The predicted molar refractivity (Wildman–Crippen MR) is 88.7 cm³/mol. The molecule has 3 aromatic rings. The minimum absolute atomic E-state index is 0.443. The molecule has 1 heterocycles. The SMILES string of the molecule is C[C@H]1NC[C@@H](c2ccc3ccccc3c2)c2ccccc21. The molecule has 0 saturated carbocycles. The fraction of sp³-hybridized carbons (Fsp3) is 0.200. The Hall–Kier alpha value is -2.12. The summed E-state index contributed by atoms with van der Waals surface area (Å²) < 4.78 is 0. The molecule has 1 heteroatoms. The Morgan fingerprint density at radius 3 is 2.38 bits per heavy atom. The Kier molecular flexibility index (Phi) is 3.01. The molecule has 0 spiro atoms. The van der Waals surface area contributed by atoms with Crippen LogP contribution in [0.25, 0.3) is 10.8 Å². The van der Waals surface area contributed by atoms with Crippen molar-refractivity contribution in [2.75, 3.05) is 6.54 Å². The second-order valence-corrected chi connectivity index (χ2v) is 5.92. The van der Waals surface area contributed by atoms with Crippen molar-refractivity contribution in [1.82, 2.24) is 5.32 Å². The van der Waals surface area contributed by atoms with Crippen LogP contribution in [-0.4, -0.2) is 6.54 Å². The number of rotatable bonds is 1. The molecular formula is C20H19N. The van der Waals surface area contributed by atoms with Gasteiger partial charge in [0.05, 0.1) is 0 Å². The van der Waals surface area contributed by atoms with Crippen LogP contribution in [0.1, 0.15) is 35.6 Å². The molecule has 4 rings (SSSR count). The molecule has 104 valence electrons. The quantitative estimate of drug-likeness (QED) is 0.681. The highest BCUT2D eigenvalue weighted by molar-refractivity contribution is 5.83. The third kappa shape index (κ3) is 2.14. The summed E-state index contributed by atoms with van der Waals surface area (Å²) in [5, 5.41) is 6.27. The highest BCUT2D eigenvalue weighted by atomic mass is 14.9. The third-order valence-electron chi connectivity index (χ3n) is 4.64. The Morgan fingerprint density at radius 1 is 0.810 bits per heavy atom. The lowest BCUT2D eigenvalue weighted by Gasteiger charge is -2.31. The van der Waals surface area contributed by atoms with Gasteiger partial charge in [-0.15, -0.1) is 0 Å². The third-order valence-corrected chi connectivity index (χ3v) is 4.64. The van der Waals surface area contributed by atoms with Gasteiger partial charge in [0, 0.05) is 18.5 Å². The second kappa shape index (κ2) is 5.01. The molecule has 1 aliphatic heterocycles. The lowest BCUT2D eigenvalue weighted by Crippen LogP contribution is -2.31. The van der Waals surface area contributed by atoms with Crippen LogP contribution >= 0.6 is 0 Å². The summed E-state index contributed by atoms with van der Waals surface area (Å²) in [5.41, 5.74) is 4.31. The number of benzene rings is 3. The fourth-order valence-corrected chi connectivity index (χ4v) is 3.46. The normalized spacial score (nSPS) is 21.2. The van der Waals surface area contributed by atoms with E-state index in [9.17, 15) is 0 Å². The van der Waals surface area contributed by atoms with E-state index < -0.39 is 0 Å². The molecule has 0 fully saturated rings. The van der Waals surface area contributed by atoms with Crippen LogP contribution in [0.4, 0.5) is 0 Å². The monoisotopic (exact) mass is 273 g/mol. The van der Waals surface area contributed by atoms with E-state index in [2.05, 4.69) is 79.0 Å². The summed E-state index contributed by atoms with van der Waals surface area (Å²) in [6.07, 6.45) is 0. The zero-order chi connectivity index (χ0) is 14.2. The predicted octanol–water partition coefficient (Wildman–Crippen LogP) is 4.64. The molecule has 0 unspecified atom stereocenters. The number of fused-ring (bicyclic) bond motifs is 2. The first-order chi connectivity index (χ1) is 10.3. The van der Waals surface area contributed by atoms with Crippen molar-refractivity contribution in [1.29, 1.82) is 0 Å². The van der Waals surface area contributed by atoms with Crippen LogP contribution in [0.3, 0.4) is 0 Å². The van der Waals surface area contributed by atoms with Crippen molar-refractivity contribution >= 4 is 10.8 Å². The number of hydrogen-bond acceptors (Lipinski definition) is 1. The van der Waals surface area contributed by atoms with Gasteiger partial charge >= 0.3 is 0 Å². The highest BCUT2D eigenvalue weighted by Crippen LogP contribution is 2.35. The first-order valence-corrected chi connectivity index (χ1v) is 7.64. The summed E-state index contributed by atoms with van der Waals surface area (Å²) >= 11 is 0. The highest BCUT2D eigenvalue weighted by Gasteiger charge is 2.24. The van der Waals surface area contributed by atoms with Crippen LogP contribution in [0.2, 0.25) is 0 Å². The lowest BCUT2D eigenvalue weighted by molar-refractivity contribution is 0.508. The van der Waals surface area contributed by atoms with Gasteiger partial charge in [-0.05, 0) is 34.4 Å². The molecule has 1 N–H and O–H groups in total. The molecule has 0 amide bonds. The molecule has 3 aromatic carbocycles. The smallest absolute Gasteiger partial charge is 0.0295 e. The Morgan fingerprint density at radius 2 is 1.52 bits per heavy atom. The maximum Gasteiger partial charge on any atom is 0.0295 e. The first-order valence-electron chi connectivity index (χ1n) is 7.64. The van der Waals surface area contributed by atoms with Gasteiger partial charge in [0.15, 0.2) is 0 Å². The van der Waals surface area contributed by atoms with Gasteiger partial charge in [0.2, 0.25) is 0 Å². The van der Waals surface area contributed by atoms with E-state index in [-0.39, 0.29) is 0 Å². The van der Waals surface area contributed by atoms with Crippen molar-refractivity contribution < 1.29 is 0 Å². The summed E-state index contributed by atoms with van der Waals surface area (Å²) in [4.78, 5) is 0. The molecule has 0 saturated heterocycles. The van der Waals surface area contributed by atoms with E-state index in [1.165, 1.54) is 27.5 Å². The minimum atomic E-state index is 0.443. The van der Waals surface area contributed by atoms with Crippen molar-refractivity contribution in [3.05, 3.63) is 83.4 Å². The molecule has 0 aliphatic carbocycles. The molecule has 0 aromatic heterocycles. The van der Waals surface area contributed by atoms with E-state index in [0.29, 0.717) is 12.0 Å². The van der Waals surface area contributed by atoms with Crippen LogP contribution < -0.4 is 5.32 Å². The molecule has 21 heavy (non-hydrogen) atoms. The van der Waals surface area contributed by atoms with E-state index in [1.54, 1.807) is 0 Å². The van der Waals surface area contributed by atoms with Gasteiger partial charge in [-0.25, -0.2) is 0 Å². The molecule has 1 nitrogen and oxygen atoms in total. The summed E-state index contributed by atoms with van der Waals surface area (Å²) in [6.45, 7) is 3.26. The lowest BCUT2D eigenvalue weighted by atomic mass is 9.82. The Labute approximate surface area is 125 Å². The van der Waals surface area contributed by atoms with Crippen LogP contribution in [-0.2, 0) is 0 Å². The topological polar surface area (TPSA) is 12.0 Å². The summed E-state index contributed by atoms with van der Waals surface area (Å²) in [7, 11) is 0. The molecule has 0 radical (unpaired) electrons. The average molecular weight is 273 g/mol. The van der Waals surface area contributed by atoms with Gasteiger partial charge < -0.3 is 5.32 Å². The zero-order valence-electron chi connectivity index (χ0n) is 12.2. The van der Waals surface area contributed by atoms with Gasteiger partial charge in [0.25, 0.3) is 0 Å². The molecule has 1 aliphatic rings. The Balaban J connectivity index is 1.84. The van der Waals surface area contributed by atoms with Crippen LogP contribution in [0, 0.1) is 0 Å². The standard InChI is InChI=1S/C20H19N/c1-14-18-8-4-5-9-19(18)20(13-21-14)17-11-10-15-6-2-3-7-16(15)12-17/h2-12,14,20-21H,13H2,1H3/t14-,20+/m1/s1. The summed E-state index contributed by atoms with van der Waals surface area (Å²) in [6, 6.07) is 24.7. The molecule has 0 bridgehead atoms. The van der Waals surface area contributed by atoms with Gasteiger partial charge in [-0.3, -0.25) is 0 Å². The molecule has 2 atom stereocenters. The number of hydrogen-bond donors (Lipinski definition) is 1. The average Bonchev–Trinajstić information content (AvgIpc) is 2.55. The van der Waals surface area contributed by atoms with E-state index in [4.69, 9.17) is 0 Å². The van der Waals surface area contributed by atoms with Gasteiger partial charge in [-0.2, -0.15) is 0 Å². The maximum absolute atomic E-state index is 3.63. The largest absolute Gasteiger partial charge is 0.309 e. The van der Waals surface area contributed by atoms with Crippen molar-refractivity contribution in [2.24, 2.45) is 0 Å². The van der Waals surface area contributed by atoms with Crippen molar-refractivity contribution in [3.8, 4) is 0 Å². The van der Waals surface area contributed by atoms with Gasteiger partial charge in [0.1, 0.15) is 0 Å². The first kappa shape index (κ1) is 12.6. The maximum atomic E-state index is 3.63. The van der Waals surface area contributed by atoms with Crippen LogP contribution in [0.5, 0.6) is 0 Å². The fourth-order valence-electron chi connectivity index (χ4n) is 3.46. The summed E-state index contributed by atoms with van der Waals surface area (Å²) in [5.74, 6) is 0.446. The van der Waals surface area contributed by atoms with E-state index >= 15 is 0 Å². The van der Waals surface area contributed by atoms with Crippen LogP contribution in [0.15, 0.2) is 66.7 Å². The minimum Gasteiger partial charge on any atom is -0.309 e. The Bertz CT molecular complexity index is 790. The van der Waals surface area contributed by atoms with Crippen molar-refractivity contribution in [3.63, 3.8) is 0 Å². The number of nitrogens with one attached hydrogen (secondary N) is 1.